The second-order valence-electron chi connectivity index (χ2n) is 9.25. The number of nitrogens with one attached hydrogen (secondary N) is 2. The zero-order valence-electron chi connectivity index (χ0n) is 19.3. The molecule has 2 aliphatic rings. The number of hydrogen-bond donors (Lipinski definition) is 3. The first-order valence-corrected chi connectivity index (χ1v) is 11.7. The number of rotatable bonds is 10. The van der Waals surface area contributed by atoms with Crippen molar-refractivity contribution in [1.82, 2.24) is 10.6 Å². The predicted molar refractivity (Wildman–Crippen MR) is 124 cm³/mol. The van der Waals surface area contributed by atoms with Crippen LogP contribution in [0, 0.1) is 17.8 Å². The van der Waals surface area contributed by atoms with E-state index in [1.54, 1.807) is 0 Å². The number of fused-ring (bicyclic) bond motifs is 3. The van der Waals surface area contributed by atoms with E-state index in [0.29, 0.717) is 13.0 Å². The lowest BCUT2D eigenvalue weighted by Gasteiger charge is -2.15. The van der Waals surface area contributed by atoms with Crippen molar-refractivity contribution in [3.8, 4) is 11.1 Å². The van der Waals surface area contributed by atoms with Gasteiger partial charge < -0.3 is 20.5 Å². The summed E-state index contributed by atoms with van der Waals surface area (Å²) in [6, 6.07) is 16.1. The first-order chi connectivity index (χ1) is 16.7. The monoisotopic (exact) mass is 486 g/mol. The second-order valence-corrected chi connectivity index (χ2v) is 9.25. The Morgan fingerprint density at radius 1 is 1.03 bits per heavy atom. The van der Waals surface area contributed by atoms with Gasteiger partial charge in [-0.05, 0) is 34.6 Å². The van der Waals surface area contributed by atoms with E-state index >= 15 is 0 Å². The van der Waals surface area contributed by atoms with Crippen LogP contribution in [0.3, 0.4) is 0 Å². The number of hydrogen-bond acceptors (Lipinski definition) is 4. The van der Waals surface area contributed by atoms with Crippen molar-refractivity contribution in [2.75, 3.05) is 19.7 Å². The molecule has 0 spiro atoms. The number of carbonyl (C=O) groups is 3. The standard InChI is InChI=1S/C26H28F2N2O5/c1-15(12-22(31)30-13-21-23(24(32)33)26(21,27)28)10-11-29-25(34)35-14-20-18-8-4-2-6-16(18)17-7-3-5-9-19(17)20/h2-9,15,20-21,23H,10-14H2,1H3,(H,29,34)(H,30,31)(H,32,33)/t15?,21-,23-/m1/s1. The first kappa shape index (κ1) is 24.6. The Morgan fingerprint density at radius 3 is 2.20 bits per heavy atom. The number of alkyl carbamates (subject to hydrolysis) is 1. The Kier molecular flexibility index (Phi) is 7.05. The van der Waals surface area contributed by atoms with Gasteiger partial charge in [-0.25, -0.2) is 13.6 Å². The van der Waals surface area contributed by atoms with Crippen molar-refractivity contribution < 1.29 is 33.0 Å². The lowest BCUT2D eigenvalue weighted by molar-refractivity contribution is -0.141. The Hall–Kier alpha value is -3.49. The van der Waals surface area contributed by atoms with Gasteiger partial charge in [-0.15, -0.1) is 0 Å². The van der Waals surface area contributed by atoms with Gasteiger partial charge in [0.25, 0.3) is 5.92 Å². The summed E-state index contributed by atoms with van der Waals surface area (Å²) in [7, 11) is 0. The number of carboxylic acid groups (broad SMARTS) is 1. The summed E-state index contributed by atoms with van der Waals surface area (Å²) >= 11 is 0. The summed E-state index contributed by atoms with van der Waals surface area (Å²) in [6.45, 7) is 1.95. The molecule has 0 aliphatic heterocycles. The van der Waals surface area contributed by atoms with Gasteiger partial charge >= 0.3 is 12.1 Å². The van der Waals surface area contributed by atoms with E-state index in [-0.39, 0.29) is 31.4 Å². The van der Waals surface area contributed by atoms with Gasteiger partial charge in [-0.3, -0.25) is 9.59 Å². The van der Waals surface area contributed by atoms with Crippen molar-refractivity contribution in [3.05, 3.63) is 59.7 Å². The van der Waals surface area contributed by atoms with Crippen LogP contribution in [0.4, 0.5) is 13.6 Å². The van der Waals surface area contributed by atoms with Gasteiger partial charge in [0.05, 0.1) is 5.92 Å². The van der Waals surface area contributed by atoms with Crippen LogP contribution in [0.15, 0.2) is 48.5 Å². The molecule has 0 heterocycles. The molecule has 4 rings (SSSR count). The SMILES string of the molecule is CC(CCNC(=O)OCC1c2ccccc2-c2ccccc21)CC(=O)NC[C@@H]1[C@H](C(=O)O)C1(F)F. The fraction of sp³-hybridized carbons (Fsp3) is 0.423. The minimum atomic E-state index is -3.28. The Balaban J connectivity index is 1.16. The number of benzene rings is 2. The summed E-state index contributed by atoms with van der Waals surface area (Å²) in [4.78, 5) is 35.0. The summed E-state index contributed by atoms with van der Waals surface area (Å²) < 4.78 is 32.3. The molecule has 186 valence electrons. The molecule has 0 saturated heterocycles. The van der Waals surface area contributed by atoms with Crippen LogP contribution in [0.1, 0.15) is 36.8 Å². The molecular weight excluding hydrogens is 458 g/mol. The van der Waals surface area contributed by atoms with Crippen LogP contribution in [0.25, 0.3) is 11.1 Å². The first-order valence-electron chi connectivity index (χ1n) is 11.7. The van der Waals surface area contributed by atoms with Gasteiger partial charge in [-0.2, -0.15) is 0 Å². The molecule has 0 bridgehead atoms. The maximum absolute atomic E-state index is 13.4. The van der Waals surface area contributed by atoms with Crippen LogP contribution >= 0.6 is 0 Å². The molecule has 1 fully saturated rings. The lowest BCUT2D eigenvalue weighted by atomic mass is 9.98. The number of halogens is 2. The molecule has 1 saturated carbocycles. The van der Waals surface area contributed by atoms with E-state index in [9.17, 15) is 23.2 Å². The maximum atomic E-state index is 13.4. The molecule has 2 aromatic carbocycles. The number of ether oxygens (including phenoxy) is 1. The van der Waals surface area contributed by atoms with Gasteiger partial charge in [0.2, 0.25) is 5.91 Å². The van der Waals surface area contributed by atoms with E-state index in [2.05, 4.69) is 22.8 Å². The minimum Gasteiger partial charge on any atom is -0.481 e. The van der Waals surface area contributed by atoms with Gasteiger partial charge in [0.1, 0.15) is 12.5 Å². The summed E-state index contributed by atoms with van der Waals surface area (Å²) in [6.07, 6.45) is 0.0383. The molecule has 0 aromatic heterocycles. The van der Waals surface area contributed by atoms with Crippen LogP contribution in [-0.4, -0.2) is 48.7 Å². The largest absolute Gasteiger partial charge is 0.481 e. The lowest BCUT2D eigenvalue weighted by Crippen LogP contribution is -2.30. The number of amides is 2. The van der Waals surface area contributed by atoms with Gasteiger partial charge in [0, 0.05) is 25.4 Å². The van der Waals surface area contributed by atoms with Crippen LogP contribution in [0.2, 0.25) is 0 Å². The smallest absolute Gasteiger partial charge is 0.407 e. The van der Waals surface area contributed by atoms with Crippen molar-refractivity contribution in [1.29, 1.82) is 0 Å². The van der Waals surface area contributed by atoms with Crippen LogP contribution in [-0.2, 0) is 14.3 Å². The highest BCUT2D eigenvalue weighted by atomic mass is 19.3. The molecule has 3 N–H and O–H groups in total. The Morgan fingerprint density at radius 2 is 1.63 bits per heavy atom. The quantitative estimate of drug-likeness (QED) is 0.471. The van der Waals surface area contributed by atoms with E-state index in [0.717, 1.165) is 22.3 Å². The molecule has 1 unspecified atom stereocenters. The van der Waals surface area contributed by atoms with E-state index in [4.69, 9.17) is 9.84 Å². The maximum Gasteiger partial charge on any atom is 0.407 e. The predicted octanol–water partition coefficient (Wildman–Crippen LogP) is 4.02. The van der Waals surface area contributed by atoms with E-state index in [1.165, 1.54) is 0 Å². The van der Waals surface area contributed by atoms with Crippen molar-refractivity contribution in [2.45, 2.75) is 31.6 Å². The van der Waals surface area contributed by atoms with Crippen LogP contribution in [0.5, 0.6) is 0 Å². The van der Waals surface area contributed by atoms with Crippen molar-refractivity contribution >= 4 is 18.0 Å². The fourth-order valence-electron chi connectivity index (χ4n) is 4.77. The Bertz CT molecular complexity index is 1080. The van der Waals surface area contributed by atoms with Gasteiger partial charge in [-0.1, -0.05) is 55.5 Å². The highest BCUT2D eigenvalue weighted by Gasteiger charge is 2.72. The number of carboxylic acids is 1. The number of carbonyl (C=O) groups excluding carboxylic acids is 2. The average molecular weight is 487 g/mol. The molecule has 9 heteroatoms. The highest BCUT2D eigenvalue weighted by molar-refractivity contribution is 5.79. The summed E-state index contributed by atoms with van der Waals surface area (Å²) in [5, 5.41) is 13.8. The minimum absolute atomic E-state index is 0.0321. The molecular formula is C26H28F2N2O5. The Labute approximate surface area is 201 Å². The fourth-order valence-corrected chi connectivity index (χ4v) is 4.77. The summed E-state index contributed by atoms with van der Waals surface area (Å²) in [5.41, 5.74) is 4.54. The molecule has 7 nitrogen and oxygen atoms in total. The number of aliphatic carboxylic acids is 1. The van der Waals surface area contributed by atoms with E-state index in [1.807, 2.05) is 43.3 Å². The highest BCUT2D eigenvalue weighted by Crippen LogP contribution is 2.54. The third-order valence-electron chi connectivity index (χ3n) is 6.77. The molecule has 3 atom stereocenters. The molecule has 35 heavy (non-hydrogen) atoms. The molecule has 0 radical (unpaired) electrons. The second kappa shape index (κ2) is 10.0. The molecule has 2 amide bonds. The zero-order valence-corrected chi connectivity index (χ0v) is 19.3. The average Bonchev–Trinajstić information content (AvgIpc) is 3.23. The summed E-state index contributed by atoms with van der Waals surface area (Å²) in [5.74, 6) is -8.50. The normalized spacial score (nSPS) is 20.3. The third-order valence-corrected chi connectivity index (χ3v) is 6.77. The number of alkyl halides is 2. The molecule has 2 aromatic rings. The third kappa shape index (κ3) is 5.28. The topological polar surface area (TPSA) is 105 Å². The van der Waals surface area contributed by atoms with Crippen LogP contribution < -0.4 is 10.6 Å². The van der Waals surface area contributed by atoms with Crippen molar-refractivity contribution in [2.24, 2.45) is 17.8 Å². The molecule has 2 aliphatic carbocycles. The van der Waals surface area contributed by atoms with E-state index < -0.39 is 35.7 Å². The van der Waals surface area contributed by atoms with Gasteiger partial charge in [0.15, 0.2) is 0 Å². The zero-order chi connectivity index (χ0) is 25.2. The van der Waals surface area contributed by atoms with Crippen molar-refractivity contribution in [3.63, 3.8) is 0 Å².